The van der Waals surface area contributed by atoms with Crippen molar-refractivity contribution in [1.29, 1.82) is 0 Å². The number of amides is 2. The first kappa shape index (κ1) is 24.4. The summed E-state index contributed by atoms with van der Waals surface area (Å²) in [6, 6.07) is 6.01. The first-order chi connectivity index (χ1) is 15.9. The summed E-state index contributed by atoms with van der Waals surface area (Å²) in [5.74, 6) is -1.73. The Morgan fingerprint density at radius 2 is 1.82 bits per heavy atom. The number of nitrogens with zero attached hydrogens (tertiary/aromatic N) is 2. The Morgan fingerprint density at radius 3 is 2.47 bits per heavy atom. The van der Waals surface area contributed by atoms with E-state index in [4.69, 9.17) is 4.74 Å². The van der Waals surface area contributed by atoms with Crippen LogP contribution in [0.15, 0.2) is 35.5 Å². The molecule has 0 N–H and O–H groups in total. The molecule has 2 bridgehead atoms. The predicted molar refractivity (Wildman–Crippen MR) is 126 cm³/mol. The quantitative estimate of drug-likeness (QED) is 0.598. The summed E-state index contributed by atoms with van der Waals surface area (Å²) in [4.78, 5) is 43.0. The zero-order chi connectivity index (χ0) is 24.8. The van der Waals surface area contributed by atoms with Crippen molar-refractivity contribution in [3.05, 3.63) is 46.9 Å². The summed E-state index contributed by atoms with van der Waals surface area (Å²) < 4.78 is 18.8. The van der Waals surface area contributed by atoms with E-state index in [9.17, 15) is 18.8 Å². The molecule has 2 aliphatic heterocycles. The van der Waals surface area contributed by atoms with Gasteiger partial charge in [0, 0.05) is 30.6 Å². The van der Waals surface area contributed by atoms with E-state index in [1.807, 2.05) is 4.90 Å². The third kappa shape index (κ3) is 4.62. The second kappa shape index (κ2) is 8.82. The van der Waals surface area contributed by atoms with Gasteiger partial charge in [0.05, 0.1) is 12.2 Å². The molecule has 6 nitrogen and oxygen atoms in total. The molecule has 1 saturated heterocycles. The molecule has 0 spiro atoms. The van der Waals surface area contributed by atoms with Crippen LogP contribution < -0.4 is 0 Å². The molecule has 7 heteroatoms. The van der Waals surface area contributed by atoms with E-state index in [0.717, 1.165) is 19.3 Å². The molecule has 2 fully saturated rings. The molecule has 184 valence electrons. The fourth-order valence-electron chi connectivity index (χ4n) is 6.63. The van der Waals surface area contributed by atoms with Gasteiger partial charge in [-0.05, 0) is 61.6 Å². The third-order valence-electron chi connectivity index (χ3n) is 7.62. The smallest absolute Gasteiger partial charge is 0.336 e. The molecule has 1 aromatic rings. The second-order valence-electron chi connectivity index (χ2n) is 11.2. The molecular formula is C27H35FN2O4. The lowest BCUT2D eigenvalue weighted by molar-refractivity contribution is -0.143. The first-order valence-electron chi connectivity index (χ1n) is 12.2. The van der Waals surface area contributed by atoms with Gasteiger partial charge in [0.1, 0.15) is 12.4 Å². The van der Waals surface area contributed by atoms with Crippen molar-refractivity contribution in [2.45, 2.75) is 72.3 Å². The van der Waals surface area contributed by atoms with E-state index < -0.39 is 11.9 Å². The van der Waals surface area contributed by atoms with Gasteiger partial charge in [-0.25, -0.2) is 9.18 Å². The lowest BCUT2D eigenvalue weighted by Gasteiger charge is -2.39. The van der Waals surface area contributed by atoms with Crippen LogP contribution in [-0.4, -0.2) is 53.3 Å². The molecule has 3 aliphatic rings. The zero-order valence-corrected chi connectivity index (χ0v) is 20.8. The van der Waals surface area contributed by atoms with Crippen LogP contribution in [0.5, 0.6) is 0 Å². The van der Waals surface area contributed by atoms with E-state index >= 15 is 0 Å². The highest BCUT2D eigenvalue weighted by molar-refractivity contribution is 5.97. The van der Waals surface area contributed by atoms with Gasteiger partial charge < -0.3 is 14.5 Å². The van der Waals surface area contributed by atoms with Crippen molar-refractivity contribution in [1.82, 2.24) is 9.80 Å². The van der Waals surface area contributed by atoms with Crippen LogP contribution in [0.3, 0.4) is 0 Å². The Bertz CT molecular complexity index is 1030. The van der Waals surface area contributed by atoms with Crippen molar-refractivity contribution in [3.8, 4) is 0 Å². The van der Waals surface area contributed by atoms with E-state index in [2.05, 4.69) is 20.8 Å². The van der Waals surface area contributed by atoms with Gasteiger partial charge in [-0.2, -0.15) is 0 Å². The van der Waals surface area contributed by atoms with Gasteiger partial charge in [-0.3, -0.25) is 9.59 Å². The van der Waals surface area contributed by atoms with Gasteiger partial charge in [-0.1, -0.05) is 32.9 Å². The summed E-state index contributed by atoms with van der Waals surface area (Å²) in [5.41, 5.74) is 1.75. The second-order valence-corrected chi connectivity index (χ2v) is 11.2. The number of allylic oxidation sites excluding steroid dienone is 1. The minimum atomic E-state index is -0.538. The average Bonchev–Trinajstić information content (AvgIpc) is 3.00. The maximum atomic E-state index is 13.5. The number of carbonyl (C=O) groups excluding carboxylic acids is 3. The summed E-state index contributed by atoms with van der Waals surface area (Å²) in [5, 5.41) is 0. The SMILES string of the molecule is CCOC(=O)C1=C(C)N(CC(=O)N2CC3(C)CC2CC(C)(C)C3)C(=O)CC1c1ccc(F)cc1. The van der Waals surface area contributed by atoms with Crippen LogP contribution in [0.1, 0.15) is 71.8 Å². The molecule has 1 aliphatic carbocycles. The lowest BCUT2D eigenvalue weighted by Crippen LogP contribution is -2.47. The molecule has 3 unspecified atom stereocenters. The number of fused-ring (bicyclic) bond motifs is 2. The molecule has 34 heavy (non-hydrogen) atoms. The minimum absolute atomic E-state index is 0.0264. The molecule has 0 radical (unpaired) electrons. The normalized spacial score (nSPS) is 28.4. The number of benzene rings is 1. The maximum Gasteiger partial charge on any atom is 0.336 e. The number of carbonyl (C=O) groups is 3. The van der Waals surface area contributed by atoms with Gasteiger partial charge in [0.25, 0.3) is 0 Å². The largest absolute Gasteiger partial charge is 0.463 e. The van der Waals surface area contributed by atoms with E-state index in [1.165, 1.54) is 17.0 Å². The van der Waals surface area contributed by atoms with Crippen molar-refractivity contribution in [3.63, 3.8) is 0 Å². The molecule has 2 amide bonds. The first-order valence-corrected chi connectivity index (χ1v) is 12.2. The van der Waals surface area contributed by atoms with Gasteiger partial charge in [-0.15, -0.1) is 0 Å². The lowest BCUT2D eigenvalue weighted by atomic mass is 9.65. The Morgan fingerprint density at radius 1 is 1.15 bits per heavy atom. The zero-order valence-electron chi connectivity index (χ0n) is 20.8. The van der Waals surface area contributed by atoms with Crippen LogP contribution in [0.2, 0.25) is 0 Å². The van der Waals surface area contributed by atoms with Crippen LogP contribution in [0.25, 0.3) is 0 Å². The highest BCUT2D eigenvalue weighted by Crippen LogP contribution is 2.52. The molecule has 3 atom stereocenters. The summed E-state index contributed by atoms with van der Waals surface area (Å²) in [6.07, 6.45) is 3.05. The molecule has 1 aromatic carbocycles. The standard InChI is InChI=1S/C27H35FN2O4/c1-6-34-25(33)24-17(2)29(22(31)11-21(24)18-7-9-19(28)10-8-18)14-23(32)30-16-27(5)13-20(30)12-26(3,4)15-27/h7-10,20-21H,6,11-16H2,1-5H3. The summed E-state index contributed by atoms with van der Waals surface area (Å²) >= 11 is 0. The monoisotopic (exact) mass is 470 g/mol. The van der Waals surface area contributed by atoms with Gasteiger partial charge >= 0.3 is 5.97 Å². The Hall–Kier alpha value is -2.70. The van der Waals surface area contributed by atoms with Crippen molar-refractivity contribution < 1.29 is 23.5 Å². The number of halogens is 1. The number of likely N-dealkylation sites (tertiary alicyclic amines) is 1. The van der Waals surface area contributed by atoms with Crippen molar-refractivity contribution in [2.75, 3.05) is 19.7 Å². The topological polar surface area (TPSA) is 66.9 Å². The highest BCUT2D eigenvalue weighted by atomic mass is 19.1. The third-order valence-corrected chi connectivity index (χ3v) is 7.62. The van der Waals surface area contributed by atoms with Gasteiger partial charge in [0.2, 0.25) is 11.8 Å². The summed E-state index contributed by atoms with van der Waals surface area (Å²) in [6.45, 7) is 11.0. The molecule has 2 heterocycles. The fourth-order valence-corrected chi connectivity index (χ4v) is 6.63. The highest BCUT2D eigenvalue weighted by Gasteiger charge is 2.51. The Kier molecular flexibility index (Phi) is 6.34. The van der Waals surface area contributed by atoms with Crippen LogP contribution in [0.4, 0.5) is 4.39 Å². The molecule has 4 rings (SSSR count). The summed E-state index contributed by atoms with van der Waals surface area (Å²) in [7, 11) is 0. The van der Waals surface area contributed by atoms with Crippen LogP contribution in [0, 0.1) is 16.6 Å². The molecular weight excluding hydrogens is 435 g/mol. The fraction of sp³-hybridized carbons (Fsp3) is 0.593. The van der Waals surface area contributed by atoms with Gasteiger partial charge in [0.15, 0.2) is 0 Å². The maximum absolute atomic E-state index is 13.5. The number of esters is 1. The van der Waals surface area contributed by atoms with E-state index in [0.29, 0.717) is 23.4 Å². The van der Waals surface area contributed by atoms with Crippen molar-refractivity contribution >= 4 is 17.8 Å². The minimum Gasteiger partial charge on any atom is -0.463 e. The number of hydrogen-bond acceptors (Lipinski definition) is 4. The number of rotatable bonds is 5. The number of hydrogen-bond donors (Lipinski definition) is 0. The molecule has 1 saturated carbocycles. The molecule has 0 aromatic heterocycles. The number of ether oxygens (including phenoxy) is 1. The van der Waals surface area contributed by atoms with E-state index in [-0.39, 0.29) is 54.1 Å². The van der Waals surface area contributed by atoms with Crippen molar-refractivity contribution in [2.24, 2.45) is 10.8 Å². The average molecular weight is 471 g/mol. The van der Waals surface area contributed by atoms with Crippen LogP contribution in [-0.2, 0) is 19.1 Å². The Balaban J connectivity index is 1.62. The predicted octanol–water partition coefficient (Wildman–Crippen LogP) is 4.41. The van der Waals surface area contributed by atoms with Crippen LogP contribution >= 0.6 is 0 Å². The van der Waals surface area contributed by atoms with E-state index in [1.54, 1.807) is 26.0 Å². The Labute approximate surface area is 201 Å².